The summed E-state index contributed by atoms with van der Waals surface area (Å²) < 4.78 is 21.1. The van der Waals surface area contributed by atoms with Gasteiger partial charge in [0.05, 0.1) is 26.4 Å². The van der Waals surface area contributed by atoms with Gasteiger partial charge in [0.25, 0.3) is 0 Å². The van der Waals surface area contributed by atoms with E-state index in [9.17, 15) is 40.9 Å². The van der Waals surface area contributed by atoms with Crippen molar-refractivity contribution in [1.82, 2.24) is 0 Å². The van der Waals surface area contributed by atoms with Crippen LogP contribution in [-0.2, 0) is 18.9 Å². The molecule has 2 saturated heterocycles. The van der Waals surface area contributed by atoms with Gasteiger partial charge in [0.2, 0.25) is 5.79 Å². The molecule has 13 nitrogen and oxygen atoms in total. The highest BCUT2D eigenvalue weighted by molar-refractivity contribution is 4.99. The average molecular weight is 416 g/mol. The van der Waals surface area contributed by atoms with Crippen LogP contribution in [0.15, 0.2) is 0 Å². The minimum Gasteiger partial charge on any atom is -0.394 e. The van der Waals surface area contributed by atoms with Crippen LogP contribution in [0.5, 0.6) is 0 Å². The number of rotatable bonds is 9. The molecule has 9 N–H and O–H groups in total. The van der Waals surface area contributed by atoms with E-state index in [-0.39, 0.29) is 0 Å². The van der Waals surface area contributed by atoms with Crippen molar-refractivity contribution in [2.75, 3.05) is 33.0 Å². The molecule has 0 aromatic rings. The van der Waals surface area contributed by atoms with Gasteiger partial charge in [-0.2, -0.15) is 0 Å². The monoisotopic (exact) mass is 416 g/mol. The molecule has 2 fully saturated rings. The molecule has 10 atom stereocenters. The summed E-state index contributed by atoms with van der Waals surface area (Å²) in [6.07, 6.45) is -13.8. The van der Waals surface area contributed by atoms with Gasteiger partial charge in [0.1, 0.15) is 55.4 Å². The average Bonchev–Trinajstić information content (AvgIpc) is 2.95. The molecule has 0 bridgehead atoms. The molecular weight excluding hydrogens is 388 g/mol. The molecule has 0 aromatic carbocycles. The van der Waals surface area contributed by atoms with E-state index in [1.807, 2.05) is 0 Å². The number of ether oxygens (including phenoxy) is 4. The molecule has 28 heavy (non-hydrogen) atoms. The molecular formula is C15H28O13. The first kappa shape index (κ1) is 23.8. The number of aliphatic hydroxyl groups excluding tert-OH is 9. The van der Waals surface area contributed by atoms with Crippen LogP contribution in [0, 0.1) is 0 Å². The summed E-state index contributed by atoms with van der Waals surface area (Å²) in [7, 11) is 0. The van der Waals surface area contributed by atoms with Crippen LogP contribution in [-0.4, -0.2) is 140 Å². The number of hydrogen-bond donors (Lipinski definition) is 9. The van der Waals surface area contributed by atoms with Gasteiger partial charge in [-0.1, -0.05) is 0 Å². The summed E-state index contributed by atoms with van der Waals surface area (Å²) in [5, 5.41) is 87.2. The van der Waals surface area contributed by atoms with E-state index in [0.29, 0.717) is 0 Å². The molecule has 2 rings (SSSR count). The van der Waals surface area contributed by atoms with E-state index < -0.39 is 93.9 Å². The minimum absolute atomic E-state index is 0.429. The van der Waals surface area contributed by atoms with E-state index in [0.717, 1.165) is 0 Å². The van der Waals surface area contributed by atoms with Crippen molar-refractivity contribution in [3.05, 3.63) is 0 Å². The Bertz CT molecular complexity index is 479. The van der Waals surface area contributed by atoms with Gasteiger partial charge < -0.3 is 64.9 Å². The second-order valence-electron chi connectivity index (χ2n) is 6.70. The quantitative estimate of drug-likeness (QED) is 0.171. The topological polar surface area (TPSA) is 219 Å². The molecule has 2 heterocycles. The molecule has 0 amide bonds. The third-order valence-corrected chi connectivity index (χ3v) is 4.73. The van der Waals surface area contributed by atoms with Gasteiger partial charge in [0.15, 0.2) is 6.29 Å². The van der Waals surface area contributed by atoms with Crippen LogP contribution in [0.4, 0.5) is 0 Å². The summed E-state index contributed by atoms with van der Waals surface area (Å²) in [6, 6.07) is 0. The van der Waals surface area contributed by atoms with E-state index in [2.05, 4.69) is 0 Å². The van der Waals surface area contributed by atoms with Crippen molar-refractivity contribution < 1.29 is 64.9 Å². The first-order valence-electron chi connectivity index (χ1n) is 8.71. The van der Waals surface area contributed by atoms with Gasteiger partial charge in [-0.3, -0.25) is 0 Å². The van der Waals surface area contributed by atoms with Gasteiger partial charge in [-0.25, -0.2) is 0 Å². The maximum Gasteiger partial charge on any atom is 0.222 e. The third-order valence-electron chi connectivity index (χ3n) is 4.73. The lowest BCUT2D eigenvalue weighted by Crippen LogP contribution is -2.64. The molecule has 2 aliphatic rings. The summed E-state index contributed by atoms with van der Waals surface area (Å²) >= 11 is 0. The molecule has 0 saturated carbocycles. The van der Waals surface area contributed by atoms with Crippen molar-refractivity contribution in [2.24, 2.45) is 0 Å². The van der Waals surface area contributed by atoms with Crippen molar-refractivity contribution in [1.29, 1.82) is 0 Å². The molecule has 166 valence electrons. The highest BCUT2D eigenvalue weighted by atomic mass is 16.8. The second-order valence-corrected chi connectivity index (χ2v) is 6.70. The van der Waals surface area contributed by atoms with Crippen LogP contribution in [0.3, 0.4) is 0 Å². The number of hydrogen-bond acceptors (Lipinski definition) is 13. The van der Waals surface area contributed by atoms with E-state index in [1.165, 1.54) is 0 Å². The highest BCUT2D eigenvalue weighted by Crippen LogP contribution is 2.36. The van der Waals surface area contributed by atoms with Crippen LogP contribution < -0.4 is 0 Å². The Kier molecular flexibility index (Phi) is 8.48. The molecule has 9 unspecified atom stereocenters. The maximum atomic E-state index is 10.4. The summed E-state index contributed by atoms with van der Waals surface area (Å²) in [5.74, 6) is -2.25. The first-order valence-corrected chi connectivity index (χ1v) is 8.71. The Morgan fingerprint density at radius 1 is 0.893 bits per heavy atom. The van der Waals surface area contributed by atoms with Gasteiger partial charge in [-0.15, -0.1) is 0 Å². The molecule has 2 aliphatic heterocycles. The summed E-state index contributed by atoms with van der Waals surface area (Å²) in [4.78, 5) is 0. The Morgan fingerprint density at radius 2 is 1.54 bits per heavy atom. The SMILES string of the molecule is OCC(O)COC1OC(CO)[C@H](OC2(CO)OC(CO)C(O)C2O)C(O)C1O. The highest BCUT2D eigenvalue weighted by Gasteiger charge is 2.58. The van der Waals surface area contributed by atoms with E-state index >= 15 is 0 Å². The molecule has 0 aliphatic carbocycles. The van der Waals surface area contributed by atoms with E-state index in [4.69, 9.17) is 24.1 Å². The zero-order chi connectivity index (χ0) is 21.1. The predicted octanol–water partition coefficient (Wildman–Crippen LogP) is -6.02. The zero-order valence-corrected chi connectivity index (χ0v) is 14.9. The standard InChI is InChI=1S/C15H28O13/c16-1-6(20)4-25-14-11(23)10(22)12(8(3-18)26-14)28-15(5-19)13(24)9(21)7(2-17)27-15/h6-14,16-24H,1-5H2/t6?,7?,8?,9?,10?,11?,12-,13?,14?,15?/m0/s1. The molecule has 0 radical (unpaired) electrons. The Morgan fingerprint density at radius 3 is 2.04 bits per heavy atom. The minimum atomic E-state index is -2.25. The van der Waals surface area contributed by atoms with Crippen LogP contribution in [0.2, 0.25) is 0 Å². The molecule has 0 aromatic heterocycles. The van der Waals surface area contributed by atoms with Crippen molar-refractivity contribution >= 4 is 0 Å². The fraction of sp³-hybridized carbons (Fsp3) is 1.00. The lowest BCUT2D eigenvalue weighted by Gasteiger charge is -2.45. The fourth-order valence-electron chi connectivity index (χ4n) is 3.09. The summed E-state index contributed by atoms with van der Waals surface area (Å²) in [5.41, 5.74) is 0. The zero-order valence-electron chi connectivity index (χ0n) is 14.9. The van der Waals surface area contributed by atoms with Crippen LogP contribution in [0.1, 0.15) is 0 Å². The molecule has 0 spiro atoms. The van der Waals surface area contributed by atoms with Crippen molar-refractivity contribution in [3.8, 4) is 0 Å². The van der Waals surface area contributed by atoms with Gasteiger partial charge in [0, 0.05) is 0 Å². The first-order chi connectivity index (χ1) is 13.2. The second kappa shape index (κ2) is 9.99. The van der Waals surface area contributed by atoms with E-state index in [1.54, 1.807) is 0 Å². The van der Waals surface area contributed by atoms with Gasteiger partial charge >= 0.3 is 0 Å². The normalized spacial score (nSPS) is 45.3. The predicted molar refractivity (Wildman–Crippen MR) is 85.5 cm³/mol. The molecule has 13 heteroatoms. The fourth-order valence-corrected chi connectivity index (χ4v) is 3.09. The van der Waals surface area contributed by atoms with Crippen LogP contribution in [0.25, 0.3) is 0 Å². The lowest BCUT2D eigenvalue weighted by atomic mass is 9.97. The summed E-state index contributed by atoms with van der Waals surface area (Å²) in [6.45, 7) is -3.45. The van der Waals surface area contributed by atoms with Crippen molar-refractivity contribution in [2.45, 2.75) is 60.9 Å². The Labute approximate surface area is 159 Å². The third kappa shape index (κ3) is 4.62. The van der Waals surface area contributed by atoms with Crippen LogP contribution >= 0.6 is 0 Å². The largest absolute Gasteiger partial charge is 0.394 e. The maximum absolute atomic E-state index is 10.4. The number of aliphatic hydroxyl groups is 9. The lowest BCUT2D eigenvalue weighted by molar-refractivity contribution is -0.363. The smallest absolute Gasteiger partial charge is 0.222 e. The van der Waals surface area contributed by atoms with Crippen molar-refractivity contribution in [3.63, 3.8) is 0 Å². The Balaban J connectivity index is 2.14. The Hall–Kier alpha value is -0.520. The van der Waals surface area contributed by atoms with Gasteiger partial charge in [-0.05, 0) is 0 Å².